The van der Waals surface area contributed by atoms with Crippen LogP contribution in [0.4, 0.5) is 0 Å². The first kappa shape index (κ1) is 9.34. The predicted molar refractivity (Wildman–Crippen MR) is 69.6 cm³/mol. The van der Waals surface area contributed by atoms with Gasteiger partial charge in [0.1, 0.15) is 0 Å². The lowest BCUT2D eigenvalue weighted by Crippen LogP contribution is -2.25. The van der Waals surface area contributed by atoms with Crippen molar-refractivity contribution in [1.29, 1.82) is 0 Å². The maximum atomic E-state index is 4.21. The Morgan fingerprint density at radius 3 is 3.06 bits per heavy atom. The molecule has 1 heterocycles. The van der Waals surface area contributed by atoms with E-state index in [-0.39, 0.29) is 0 Å². The molecule has 0 bridgehead atoms. The molecule has 0 unspecified atom stereocenters. The van der Waals surface area contributed by atoms with Crippen molar-refractivity contribution in [1.82, 2.24) is 0 Å². The van der Waals surface area contributed by atoms with Crippen molar-refractivity contribution in [3.8, 4) is 0 Å². The molecule has 2 atom stereocenters. The molecule has 0 saturated heterocycles. The van der Waals surface area contributed by atoms with Gasteiger partial charge in [-0.1, -0.05) is 29.8 Å². The lowest BCUT2D eigenvalue weighted by atomic mass is 9.71. The normalized spacial score (nSPS) is 28.9. The fourth-order valence-electron chi connectivity index (χ4n) is 3.30. The highest BCUT2D eigenvalue weighted by molar-refractivity contribution is 6.09. The third-order valence-corrected chi connectivity index (χ3v) is 4.18. The molecule has 0 N–H and O–H groups in total. The average molecular weight is 222 g/mol. The molecule has 2 heteroatoms. The lowest BCUT2D eigenvalue weighted by Gasteiger charge is -2.33. The Bertz CT molecular complexity index is 566. The van der Waals surface area contributed by atoms with E-state index in [0.29, 0.717) is 11.8 Å². The van der Waals surface area contributed by atoms with Crippen molar-refractivity contribution in [3.05, 3.63) is 47.0 Å². The fraction of sp³-hybridized carbons (Fsp3) is 0.333. The number of aryl methyl sites for hydroxylation is 1. The van der Waals surface area contributed by atoms with E-state index in [1.54, 1.807) is 5.57 Å². The molecule has 0 spiro atoms. The van der Waals surface area contributed by atoms with Gasteiger partial charge < -0.3 is 0 Å². The van der Waals surface area contributed by atoms with E-state index in [4.69, 9.17) is 0 Å². The van der Waals surface area contributed by atoms with Gasteiger partial charge in [0, 0.05) is 18.1 Å². The van der Waals surface area contributed by atoms with Crippen LogP contribution in [0.2, 0.25) is 0 Å². The van der Waals surface area contributed by atoms with Gasteiger partial charge in [0.15, 0.2) is 0 Å². The average Bonchev–Trinajstić information content (AvgIpc) is 2.83. The Morgan fingerprint density at radius 2 is 2.06 bits per heavy atom. The summed E-state index contributed by atoms with van der Waals surface area (Å²) in [5, 5.41) is 8.27. The van der Waals surface area contributed by atoms with E-state index in [1.165, 1.54) is 29.7 Å². The zero-order chi connectivity index (χ0) is 11.2. The summed E-state index contributed by atoms with van der Waals surface area (Å²) in [7, 11) is 0. The zero-order valence-electron chi connectivity index (χ0n) is 9.63. The quantitative estimate of drug-likeness (QED) is 0.644. The molecule has 84 valence electrons. The molecule has 3 aliphatic rings. The molecule has 0 aromatic heterocycles. The lowest BCUT2D eigenvalue weighted by molar-refractivity contribution is 0.609. The first-order valence-electron chi connectivity index (χ1n) is 6.31. The van der Waals surface area contributed by atoms with Crippen molar-refractivity contribution in [2.45, 2.75) is 25.2 Å². The molecular weight excluding hydrogens is 208 g/mol. The van der Waals surface area contributed by atoms with Crippen LogP contribution in [0, 0.1) is 5.92 Å². The van der Waals surface area contributed by atoms with Gasteiger partial charge >= 0.3 is 0 Å². The Hall–Kier alpha value is -1.70. The standard InChI is InChI=1S/C15H14N2/c1-2-4-13-10(3-1)5-6-11-8-15-12(7-14(11)13)9-16-17-15/h1-4,8-9,12,14H,5-7H2/t12-,14+/m0/s1. The molecule has 0 radical (unpaired) electrons. The van der Waals surface area contributed by atoms with E-state index in [1.807, 2.05) is 6.21 Å². The molecule has 2 nitrogen and oxygen atoms in total. The van der Waals surface area contributed by atoms with E-state index in [0.717, 1.165) is 6.42 Å². The molecule has 17 heavy (non-hydrogen) atoms. The largest absolute Gasteiger partial charge is 0.163 e. The van der Waals surface area contributed by atoms with Gasteiger partial charge in [-0.2, -0.15) is 10.2 Å². The molecule has 1 aromatic carbocycles. The monoisotopic (exact) mass is 222 g/mol. The zero-order valence-corrected chi connectivity index (χ0v) is 9.63. The predicted octanol–water partition coefficient (Wildman–Crippen LogP) is 3.10. The first-order valence-corrected chi connectivity index (χ1v) is 6.31. The Labute approximate surface area is 101 Å². The van der Waals surface area contributed by atoms with E-state index in [9.17, 15) is 0 Å². The van der Waals surface area contributed by atoms with Crippen LogP contribution in [0.5, 0.6) is 0 Å². The topological polar surface area (TPSA) is 24.7 Å². The number of fused-ring (bicyclic) bond motifs is 4. The van der Waals surface area contributed by atoms with Crippen LogP contribution >= 0.6 is 0 Å². The minimum atomic E-state index is 0.454. The molecule has 0 amide bonds. The number of allylic oxidation sites excluding steroid dienone is 2. The Balaban J connectivity index is 1.83. The van der Waals surface area contributed by atoms with E-state index in [2.05, 4.69) is 40.5 Å². The molecule has 1 aromatic rings. The number of benzene rings is 1. The van der Waals surface area contributed by atoms with Crippen LogP contribution in [0.25, 0.3) is 0 Å². The summed E-state index contributed by atoms with van der Waals surface area (Å²) in [4.78, 5) is 0. The summed E-state index contributed by atoms with van der Waals surface area (Å²) < 4.78 is 0. The highest BCUT2D eigenvalue weighted by Gasteiger charge is 2.33. The summed E-state index contributed by atoms with van der Waals surface area (Å²) in [5.74, 6) is 1.06. The van der Waals surface area contributed by atoms with Crippen molar-refractivity contribution in [2.75, 3.05) is 0 Å². The minimum absolute atomic E-state index is 0.454. The third-order valence-electron chi connectivity index (χ3n) is 4.18. The Kier molecular flexibility index (Phi) is 1.87. The smallest absolute Gasteiger partial charge is 0.0715 e. The van der Waals surface area contributed by atoms with E-state index >= 15 is 0 Å². The summed E-state index contributed by atoms with van der Waals surface area (Å²) in [6, 6.07) is 8.88. The molecule has 0 saturated carbocycles. The van der Waals surface area contributed by atoms with Crippen LogP contribution in [-0.4, -0.2) is 11.9 Å². The van der Waals surface area contributed by atoms with Crippen LogP contribution in [0.3, 0.4) is 0 Å². The molecular formula is C15H14N2. The minimum Gasteiger partial charge on any atom is -0.163 e. The van der Waals surface area contributed by atoms with Gasteiger partial charge in [-0.3, -0.25) is 0 Å². The first-order chi connectivity index (χ1) is 8.42. The maximum absolute atomic E-state index is 4.21. The second-order valence-electron chi connectivity index (χ2n) is 5.10. The molecule has 2 aliphatic carbocycles. The van der Waals surface area contributed by atoms with Crippen molar-refractivity contribution < 1.29 is 0 Å². The SMILES string of the molecule is C1=NN=C2C=C3CCc4ccccc4[C@@H]3C[C@@H]12. The number of nitrogens with zero attached hydrogens (tertiary/aromatic N) is 2. The maximum Gasteiger partial charge on any atom is 0.0715 e. The van der Waals surface area contributed by atoms with Crippen LogP contribution in [0.1, 0.15) is 29.9 Å². The molecule has 1 aliphatic heterocycles. The van der Waals surface area contributed by atoms with Gasteiger partial charge in [0.25, 0.3) is 0 Å². The Morgan fingerprint density at radius 1 is 1.12 bits per heavy atom. The van der Waals surface area contributed by atoms with Crippen LogP contribution < -0.4 is 0 Å². The number of hydrogen-bond donors (Lipinski definition) is 0. The summed E-state index contributed by atoms with van der Waals surface area (Å²) in [6.45, 7) is 0. The van der Waals surface area contributed by atoms with Gasteiger partial charge in [-0.25, -0.2) is 0 Å². The molecule has 4 rings (SSSR count). The highest BCUT2D eigenvalue weighted by Crippen LogP contribution is 2.43. The van der Waals surface area contributed by atoms with Gasteiger partial charge in [0.05, 0.1) is 5.71 Å². The summed E-state index contributed by atoms with van der Waals surface area (Å²) in [5.41, 5.74) is 5.80. The third kappa shape index (κ3) is 1.33. The van der Waals surface area contributed by atoms with Crippen molar-refractivity contribution in [2.24, 2.45) is 16.1 Å². The van der Waals surface area contributed by atoms with Gasteiger partial charge in [-0.05, 0) is 36.5 Å². The van der Waals surface area contributed by atoms with Crippen molar-refractivity contribution >= 4 is 11.9 Å². The summed E-state index contributed by atoms with van der Waals surface area (Å²) in [6.07, 6.45) is 7.82. The molecule has 0 fully saturated rings. The van der Waals surface area contributed by atoms with E-state index < -0.39 is 0 Å². The second kappa shape index (κ2) is 3.39. The van der Waals surface area contributed by atoms with Crippen LogP contribution in [-0.2, 0) is 6.42 Å². The highest BCUT2D eigenvalue weighted by atomic mass is 15.2. The van der Waals surface area contributed by atoms with Crippen molar-refractivity contribution in [3.63, 3.8) is 0 Å². The van der Waals surface area contributed by atoms with Gasteiger partial charge in [-0.15, -0.1) is 0 Å². The van der Waals surface area contributed by atoms with Gasteiger partial charge in [0.2, 0.25) is 0 Å². The fourth-order valence-corrected chi connectivity index (χ4v) is 3.30. The number of rotatable bonds is 0. The summed E-state index contributed by atoms with van der Waals surface area (Å²) >= 11 is 0. The second-order valence-corrected chi connectivity index (χ2v) is 5.10. The van der Waals surface area contributed by atoms with Crippen LogP contribution in [0.15, 0.2) is 46.1 Å². The number of hydrogen-bond acceptors (Lipinski definition) is 2.